The summed E-state index contributed by atoms with van der Waals surface area (Å²) in [4.78, 5) is 42.6. The maximum atomic E-state index is 13.2. The Labute approximate surface area is 281 Å². The van der Waals surface area contributed by atoms with Gasteiger partial charge in [0.25, 0.3) is 11.8 Å². The monoisotopic (exact) mass is 649 g/mol. The molecule has 0 aliphatic carbocycles. The Morgan fingerprint density at radius 1 is 0.854 bits per heavy atom. The van der Waals surface area contributed by atoms with Crippen molar-refractivity contribution >= 4 is 23.6 Å². The molecule has 250 valence electrons. The number of hydrogen-bond acceptors (Lipinski definition) is 7. The van der Waals surface area contributed by atoms with Crippen molar-refractivity contribution in [3.63, 3.8) is 0 Å². The molecule has 1 heterocycles. The summed E-state index contributed by atoms with van der Waals surface area (Å²) in [5.41, 5.74) is 4.59. The Morgan fingerprint density at radius 3 is 2.33 bits per heavy atom. The highest BCUT2D eigenvalue weighted by molar-refractivity contribution is 5.99. The molecule has 0 saturated carbocycles. The van der Waals surface area contributed by atoms with Crippen molar-refractivity contribution in [3.05, 3.63) is 120 Å². The number of hydrogen-bond donors (Lipinski definition) is 4. The zero-order valence-corrected chi connectivity index (χ0v) is 27.2. The van der Waals surface area contributed by atoms with Crippen molar-refractivity contribution < 1.29 is 24.2 Å². The molecule has 1 saturated heterocycles. The number of para-hydroxylation sites is 1. The van der Waals surface area contributed by atoms with Crippen LogP contribution in [0.15, 0.2) is 103 Å². The van der Waals surface area contributed by atoms with Gasteiger partial charge in [0.1, 0.15) is 11.9 Å². The van der Waals surface area contributed by atoms with Crippen molar-refractivity contribution in [2.75, 3.05) is 51.6 Å². The first-order valence-electron chi connectivity index (χ1n) is 16.3. The normalized spacial score (nSPS) is 13.4. The van der Waals surface area contributed by atoms with Crippen LogP contribution in [-0.2, 0) is 11.3 Å². The van der Waals surface area contributed by atoms with Gasteiger partial charge in [-0.05, 0) is 60.4 Å². The van der Waals surface area contributed by atoms with Crippen LogP contribution in [0.3, 0.4) is 0 Å². The molecular formula is C38H43N5O5. The Bertz CT molecular complexity index is 1660. The first-order chi connectivity index (χ1) is 23.4. The summed E-state index contributed by atoms with van der Waals surface area (Å²) < 4.78 is 5.76. The summed E-state index contributed by atoms with van der Waals surface area (Å²) in [7, 11) is 1.77. The van der Waals surface area contributed by atoms with Gasteiger partial charge >= 0.3 is 6.09 Å². The van der Waals surface area contributed by atoms with Crippen molar-refractivity contribution in [3.8, 4) is 16.9 Å². The quantitative estimate of drug-likeness (QED) is 0.144. The second-order valence-corrected chi connectivity index (χ2v) is 11.9. The number of piperidine rings is 1. The molecule has 0 atom stereocenters. The van der Waals surface area contributed by atoms with Crippen LogP contribution in [0, 0.1) is 0 Å². The lowest BCUT2D eigenvalue weighted by molar-refractivity contribution is 0.0540. The molecule has 0 spiro atoms. The van der Waals surface area contributed by atoms with Gasteiger partial charge in [-0.3, -0.25) is 14.9 Å². The Kier molecular flexibility index (Phi) is 12.2. The highest BCUT2D eigenvalue weighted by Gasteiger charge is 2.23. The Hall–Kier alpha value is -5.19. The number of aromatic hydroxyl groups is 1. The number of benzene rings is 4. The maximum Gasteiger partial charge on any atom is 0.411 e. The number of likely N-dealkylation sites (N-methyl/N-ethyl adjacent to an activating group) is 1. The van der Waals surface area contributed by atoms with E-state index in [1.807, 2.05) is 66.7 Å². The number of phenolic OH excluding ortho intramolecular Hbond substituents is 1. The third-order valence-electron chi connectivity index (χ3n) is 8.38. The molecule has 10 nitrogen and oxygen atoms in total. The van der Waals surface area contributed by atoms with E-state index in [1.165, 1.54) is 0 Å². The standard InChI is InChI=1S/C38H43N5O5/c1-42(37(46)31-11-7-10-30(26-31)36(45)40-21-20-39-27-28-14-16-32(44)17-15-28)24-25-43-22-18-33(19-23-43)48-38(47)41-35-13-6-5-12-34(35)29-8-3-2-4-9-29/h2-17,26,33,39,44H,18-25,27H2,1H3,(H,40,45)(H,41,47). The van der Waals surface area contributed by atoms with Crippen molar-refractivity contribution in [1.29, 1.82) is 0 Å². The van der Waals surface area contributed by atoms with E-state index in [2.05, 4.69) is 20.9 Å². The number of nitrogens with zero attached hydrogens (tertiary/aromatic N) is 2. The van der Waals surface area contributed by atoms with Crippen LogP contribution in [0.4, 0.5) is 10.5 Å². The summed E-state index contributed by atoms with van der Waals surface area (Å²) in [6.07, 6.45) is 0.804. The van der Waals surface area contributed by atoms with Crippen LogP contribution in [-0.4, -0.2) is 85.2 Å². The van der Waals surface area contributed by atoms with Gasteiger partial charge < -0.3 is 30.3 Å². The van der Waals surface area contributed by atoms with Crippen LogP contribution >= 0.6 is 0 Å². The summed E-state index contributed by atoms with van der Waals surface area (Å²) in [6.45, 7) is 4.39. The molecular weight excluding hydrogens is 606 g/mol. The molecule has 1 fully saturated rings. The topological polar surface area (TPSA) is 123 Å². The molecule has 3 amide bonds. The van der Waals surface area contributed by atoms with Gasteiger partial charge in [-0.25, -0.2) is 4.79 Å². The number of amides is 3. The molecule has 0 unspecified atom stereocenters. The number of rotatable bonds is 13. The van der Waals surface area contributed by atoms with E-state index in [0.717, 1.165) is 42.6 Å². The van der Waals surface area contributed by atoms with Crippen LogP contribution in [0.25, 0.3) is 11.1 Å². The summed E-state index contributed by atoms with van der Waals surface area (Å²) >= 11 is 0. The summed E-state index contributed by atoms with van der Waals surface area (Å²) in [5.74, 6) is -0.158. The molecule has 5 rings (SSSR count). The van der Waals surface area contributed by atoms with Crippen LogP contribution < -0.4 is 16.0 Å². The van der Waals surface area contributed by atoms with Gasteiger partial charge in [-0.2, -0.15) is 0 Å². The van der Waals surface area contributed by atoms with Crippen molar-refractivity contribution in [2.24, 2.45) is 0 Å². The highest BCUT2D eigenvalue weighted by atomic mass is 16.6. The zero-order valence-electron chi connectivity index (χ0n) is 27.2. The fraction of sp³-hybridized carbons (Fsp3) is 0.289. The number of phenols is 1. The van der Waals surface area contributed by atoms with Gasteiger partial charge in [-0.1, -0.05) is 66.7 Å². The predicted octanol–water partition coefficient (Wildman–Crippen LogP) is 5.36. The van der Waals surface area contributed by atoms with Gasteiger partial charge in [0, 0.05) is 69.6 Å². The van der Waals surface area contributed by atoms with Gasteiger partial charge in [0.2, 0.25) is 0 Å². The minimum atomic E-state index is -0.458. The first kappa shape index (κ1) is 34.2. The number of likely N-dealkylation sites (tertiary alicyclic amines) is 1. The molecule has 0 radical (unpaired) electrons. The fourth-order valence-corrected chi connectivity index (χ4v) is 5.62. The predicted molar refractivity (Wildman–Crippen MR) is 187 cm³/mol. The molecule has 10 heteroatoms. The van der Waals surface area contributed by atoms with Crippen LogP contribution in [0.5, 0.6) is 5.75 Å². The lowest BCUT2D eigenvalue weighted by atomic mass is 10.0. The number of nitrogens with one attached hydrogen (secondary N) is 3. The van der Waals surface area contributed by atoms with E-state index >= 15 is 0 Å². The highest BCUT2D eigenvalue weighted by Crippen LogP contribution is 2.28. The number of carbonyl (C=O) groups excluding carboxylic acids is 3. The smallest absolute Gasteiger partial charge is 0.411 e. The largest absolute Gasteiger partial charge is 0.508 e. The molecule has 1 aliphatic heterocycles. The second-order valence-electron chi connectivity index (χ2n) is 11.9. The Balaban J connectivity index is 1.00. The lowest BCUT2D eigenvalue weighted by Gasteiger charge is -2.32. The van der Waals surface area contributed by atoms with E-state index in [0.29, 0.717) is 49.5 Å². The molecule has 0 aromatic heterocycles. The molecule has 0 bridgehead atoms. The molecule has 4 aromatic carbocycles. The van der Waals surface area contributed by atoms with Crippen LogP contribution in [0.2, 0.25) is 0 Å². The van der Waals surface area contributed by atoms with E-state index in [-0.39, 0.29) is 23.7 Å². The van der Waals surface area contributed by atoms with E-state index in [4.69, 9.17) is 4.74 Å². The molecule has 4 aromatic rings. The average Bonchev–Trinajstić information content (AvgIpc) is 3.12. The van der Waals surface area contributed by atoms with E-state index in [9.17, 15) is 19.5 Å². The lowest BCUT2D eigenvalue weighted by Crippen LogP contribution is -2.42. The fourth-order valence-electron chi connectivity index (χ4n) is 5.62. The minimum Gasteiger partial charge on any atom is -0.508 e. The zero-order chi connectivity index (χ0) is 33.7. The number of anilines is 1. The second kappa shape index (κ2) is 17.1. The van der Waals surface area contributed by atoms with Gasteiger partial charge in [0.05, 0.1) is 5.69 Å². The van der Waals surface area contributed by atoms with E-state index < -0.39 is 6.09 Å². The Morgan fingerprint density at radius 2 is 1.56 bits per heavy atom. The third kappa shape index (κ3) is 9.90. The molecule has 4 N–H and O–H groups in total. The molecule has 1 aliphatic rings. The first-order valence-corrected chi connectivity index (χ1v) is 16.3. The van der Waals surface area contributed by atoms with Crippen molar-refractivity contribution in [1.82, 2.24) is 20.4 Å². The summed E-state index contributed by atoms with van der Waals surface area (Å²) in [5, 5.41) is 18.4. The van der Waals surface area contributed by atoms with Gasteiger partial charge in [0.15, 0.2) is 0 Å². The SMILES string of the molecule is CN(CCN1CCC(OC(=O)Nc2ccccc2-c2ccccc2)CC1)C(=O)c1cccc(C(=O)NCCNCc2ccc(O)cc2)c1. The minimum absolute atomic E-state index is 0.147. The van der Waals surface area contributed by atoms with E-state index in [1.54, 1.807) is 48.3 Å². The molecule has 48 heavy (non-hydrogen) atoms. The average molecular weight is 650 g/mol. The van der Waals surface area contributed by atoms with Gasteiger partial charge in [-0.15, -0.1) is 0 Å². The maximum absolute atomic E-state index is 13.2. The van der Waals surface area contributed by atoms with Crippen molar-refractivity contribution in [2.45, 2.75) is 25.5 Å². The number of carbonyl (C=O) groups is 3. The van der Waals surface area contributed by atoms with Crippen LogP contribution in [0.1, 0.15) is 39.1 Å². The third-order valence-corrected chi connectivity index (χ3v) is 8.38. The number of ether oxygens (including phenoxy) is 1. The summed E-state index contributed by atoms with van der Waals surface area (Å²) in [6, 6.07) is 31.3.